The van der Waals surface area contributed by atoms with Crippen LogP contribution in [0.25, 0.3) is 0 Å². The highest BCUT2D eigenvalue weighted by Gasteiger charge is 2.03. The average molecular weight is 191 g/mol. The van der Waals surface area contributed by atoms with Crippen molar-refractivity contribution < 1.29 is 5.11 Å². The molecule has 62 valence electrons. The van der Waals surface area contributed by atoms with Gasteiger partial charge in [0.25, 0.3) is 0 Å². The number of hydrogen-bond acceptors (Lipinski definition) is 6. The van der Waals surface area contributed by atoms with E-state index >= 15 is 0 Å². The maximum Gasteiger partial charge on any atom is 0.169 e. The van der Waals surface area contributed by atoms with E-state index in [1.54, 1.807) is 0 Å². The van der Waals surface area contributed by atoms with E-state index in [0.717, 1.165) is 4.34 Å². The Morgan fingerprint density at radius 1 is 1.82 bits per heavy atom. The molecule has 0 spiro atoms. The normalized spacial score (nSPS) is 13.3. The monoisotopic (exact) mass is 191 g/mol. The molecule has 0 aromatic carbocycles. The first-order valence-electron chi connectivity index (χ1n) is 3.10. The standard InChI is InChI=1S/C5H9N3OS2/c6-1-4(9)2-10-5-7-3-8-11-5/h3-4,9H,1-2,6H2. The molecule has 0 saturated carbocycles. The van der Waals surface area contributed by atoms with Gasteiger partial charge in [0, 0.05) is 12.3 Å². The van der Waals surface area contributed by atoms with Crippen molar-refractivity contribution in [1.29, 1.82) is 0 Å². The number of thioether (sulfide) groups is 1. The molecule has 1 rings (SSSR count). The summed E-state index contributed by atoms with van der Waals surface area (Å²) in [5, 5.41) is 9.07. The minimum Gasteiger partial charge on any atom is -0.391 e. The zero-order valence-electron chi connectivity index (χ0n) is 5.80. The van der Waals surface area contributed by atoms with Gasteiger partial charge in [0.15, 0.2) is 4.34 Å². The van der Waals surface area contributed by atoms with Crippen molar-refractivity contribution >= 4 is 23.3 Å². The second kappa shape index (κ2) is 4.66. The number of rotatable bonds is 4. The van der Waals surface area contributed by atoms with E-state index in [0.29, 0.717) is 12.3 Å². The van der Waals surface area contributed by atoms with Gasteiger partial charge < -0.3 is 10.8 Å². The molecule has 0 bridgehead atoms. The smallest absolute Gasteiger partial charge is 0.169 e. The van der Waals surface area contributed by atoms with E-state index in [1.807, 2.05) is 0 Å². The second-order valence-electron chi connectivity index (χ2n) is 1.91. The molecular weight excluding hydrogens is 182 g/mol. The Bertz CT molecular complexity index is 192. The van der Waals surface area contributed by atoms with Crippen LogP contribution >= 0.6 is 23.3 Å². The van der Waals surface area contributed by atoms with Gasteiger partial charge in [-0.2, -0.15) is 4.37 Å². The summed E-state index contributed by atoms with van der Waals surface area (Å²) in [4.78, 5) is 3.94. The predicted molar refractivity (Wildman–Crippen MR) is 45.7 cm³/mol. The summed E-state index contributed by atoms with van der Waals surface area (Å²) in [5.74, 6) is 0.589. The highest BCUT2D eigenvalue weighted by molar-refractivity contribution is 8.00. The van der Waals surface area contributed by atoms with Crippen molar-refractivity contribution in [1.82, 2.24) is 9.36 Å². The van der Waals surface area contributed by atoms with Gasteiger partial charge in [-0.15, -0.1) is 0 Å². The van der Waals surface area contributed by atoms with Crippen molar-refractivity contribution in [3.63, 3.8) is 0 Å². The lowest BCUT2D eigenvalue weighted by atomic mass is 10.4. The summed E-state index contributed by atoms with van der Waals surface area (Å²) in [7, 11) is 0. The highest BCUT2D eigenvalue weighted by atomic mass is 32.2. The molecule has 0 amide bonds. The maximum atomic E-state index is 9.07. The molecule has 0 saturated heterocycles. The molecule has 1 aromatic rings. The lowest BCUT2D eigenvalue weighted by molar-refractivity contribution is 0.208. The third-order valence-corrected chi connectivity index (χ3v) is 2.95. The summed E-state index contributed by atoms with van der Waals surface area (Å²) in [5.41, 5.74) is 5.22. The lowest BCUT2D eigenvalue weighted by Gasteiger charge is -2.03. The van der Waals surface area contributed by atoms with E-state index in [-0.39, 0.29) is 0 Å². The van der Waals surface area contributed by atoms with Gasteiger partial charge >= 0.3 is 0 Å². The molecule has 0 fully saturated rings. The average Bonchev–Trinajstić information content (AvgIpc) is 2.52. The number of hydrogen-bond donors (Lipinski definition) is 2. The Kier molecular flexibility index (Phi) is 3.78. The molecular formula is C5H9N3OS2. The zero-order valence-corrected chi connectivity index (χ0v) is 7.44. The predicted octanol–water partition coefficient (Wildman–Crippen LogP) is -0.0502. The highest BCUT2D eigenvalue weighted by Crippen LogP contribution is 2.18. The molecule has 1 atom stereocenters. The summed E-state index contributed by atoms with van der Waals surface area (Å²) in [6, 6.07) is 0. The maximum absolute atomic E-state index is 9.07. The van der Waals surface area contributed by atoms with Crippen LogP contribution in [0, 0.1) is 0 Å². The Hall–Kier alpha value is -0.170. The summed E-state index contributed by atoms with van der Waals surface area (Å²) in [6.45, 7) is 0.297. The van der Waals surface area contributed by atoms with E-state index in [2.05, 4.69) is 9.36 Å². The Labute approximate surface area is 73.0 Å². The van der Waals surface area contributed by atoms with E-state index in [4.69, 9.17) is 10.8 Å². The van der Waals surface area contributed by atoms with E-state index in [9.17, 15) is 0 Å². The van der Waals surface area contributed by atoms with Crippen LogP contribution in [-0.2, 0) is 0 Å². The minimum atomic E-state index is -0.441. The third kappa shape index (κ3) is 3.15. The first-order chi connectivity index (χ1) is 5.33. The third-order valence-electron chi connectivity index (χ3n) is 1.01. The summed E-state index contributed by atoms with van der Waals surface area (Å²) < 4.78 is 4.70. The second-order valence-corrected chi connectivity index (χ2v) is 3.95. The summed E-state index contributed by atoms with van der Waals surface area (Å²) in [6.07, 6.45) is 1.06. The van der Waals surface area contributed by atoms with Crippen LogP contribution in [-0.4, -0.2) is 32.9 Å². The fraction of sp³-hybridized carbons (Fsp3) is 0.600. The van der Waals surface area contributed by atoms with Crippen molar-refractivity contribution in [3.8, 4) is 0 Å². The Morgan fingerprint density at radius 3 is 3.18 bits per heavy atom. The quantitative estimate of drug-likeness (QED) is 0.653. The van der Waals surface area contributed by atoms with Crippen LogP contribution in [0.4, 0.5) is 0 Å². The fourth-order valence-electron chi connectivity index (χ4n) is 0.462. The minimum absolute atomic E-state index is 0.297. The number of nitrogens with two attached hydrogens (primary N) is 1. The Morgan fingerprint density at radius 2 is 2.64 bits per heavy atom. The van der Waals surface area contributed by atoms with Crippen molar-refractivity contribution in [2.45, 2.75) is 10.4 Å². The first kappa shape index (κ1) is 8.92. The van der Waals surface area contributed by atoms with Crippen LogP contribution in [0.15, 0.2) is 10.7 Å². The van der Waals surface area contributed by atoms with Gasteiger partial charge in [-0.1, -0.05) is 11.8 Å². The van der Waals surface area contributed by atoms with E-state index in [1.165, 1.54) is 29.6 Å². The number of aromatic nitrogens is 2. The van der Waals surface area contributed by atoms with Gasteiger partial charge in [-0.05, 0) is 11.5 Å². The first-order valence-corrected chi connectivity index (χ1v) is 4.86. The van der Waals surface area contributed by atoms with Crippen LogP contribution in [0.3, 0.4) is 0 Å². The van der Waals surface area contributed by atoms with Crippen LogP contribution < -0.4 is 5.73 Å². The van der Waals surface area contributed by atoms with Crippen LogP contribution in [0.1, 0.15) is 0 Å². The Balaban J connectivity index is 2.23. The molecule has 0 aliphatic heterocycles. The topological polar surface area (TPSA) is 72.0 Å². The molecule has 6 heteroatoms. The van der Waals surface area contributed by atoms with Crippen molar-refractivity contribution in [3.05, 3.63) is 6.33 Å². The number of aliphatic hydroxyl groups excluding tert-OH is 1. The van der Waals surface area contributed by atoms with Gasteiger partial charge in [0.1, 0.15) is 6.33 Å². The largest absolute Gasteiger partial charge is 0.391 e. The zero-order chi connectivity index (χ0) is 8.10. The molecule has 3 N–H and O–H groups in total. The van der Waals surface area contributed by atoms with Gasteiger partial charge in [0.05, 0.1) is 6.10 Å². The molecule has 1 heterocycles. The lowest BCUT2D eigenvalue weighted by Crippen LogP contribution is -2.21. The van der Waals surface area contributed by atoms with E-state index < -0.39 is 6.10 Å². The molecule has 4 nitrogen and oxygen atoms in total. The number of nitrogens with zero attached hydrogens (tertiary/aromatic N) is 2. The molecule has 0 aliphatic rings. The molecule has 11 heavy (non-hydrogen) atoms. The van der Waals surface area contributed by atoms with Gasteiger partial charge in [-0.25, -0.2) is 4.98 Å². The fourth-order valence-corrected chi connectivity index (χ4v) is 1.88. The molecule has 1 unspecified atom stereocenters. The molecule has 0 aliphatic carbocycles. The van der Waals surface area contributed by atoms with Gasteiger partial charge in [-0.3, -0.25) is 0 Å². The van der Waals surface area contributed by atoms with Crippen LogP contribution in [0.2, 0.25) is 0 Å². The SMILES string of the molecule is NCC(O)CSc1ncns1. The van der Waals surface area contributed by atoms with Crippen molar-refractivity contribution in [2.75, 3.05) is 12.3 Å². The molecule has 0 radical (unpaired) electrons. The molecule has 1 aromatic heterocycles. The van der Waals surface area contributed by atoms with Crippen molar-refractivity contribution in [2.24, 2.45) is 5.73 Å². The summed E-state index contributed by atoms with van der Waals surface area (Å²) >= 11 is 2.80. The number of aliphatic hydroxyl groups is 1. The van der Waals surface area contributed by atoms with Crippen LogP contribution in [0.5, 0.6) is 0 Å². The van der Waals surface area contributed by atoms with Gasteiger partial charge in [0.2, 0.25) is 0 Å².